The van der Waals surface area contributed by atoms with E-state index in [0.29, 0.717) is 19.0 Å². The van der Waals surface area contributed by atoms with E-state index in [9.17, 15) is 12.8 Å². The predicted molar refractivity (Wildman–Crippen MR) is 92.4 cm³/mol. The maximum absolute atomic E-state index is 13.4. The zero-order valence-electron chi connectivity index (χ0n) is 14.2. The average Bonchev–Trinajstić information content (AvgIpc) is 3.37. The van der Waals surface area contributed by atoms with Crippen LogP contribution in [0.1, 0.15) is 49.2 Å². The smallest absolute Gasteiger partial charge is 0.243 e. The number of halogens is 1. The van der Waals surface area contributed by atoms with E-state index in [1.165, 1.54) is 35.3 Å². The van der Waals surface area contributed by atoms with Gasteiger partial charge in [0.25, 0.3) is 0 Å². The molecular formula is C18H22FN3O2S. The molecular weight excluding hydrogens is 341 g/mol. The maximum Gasteiger partial charge on any atom is 0.243 e. The van der Waals surface area contributed by atoms with Crippen molar-refractivity contribution in [3.8, 4) is 0 Å². The van der Waals surface area contributed by atoms with Gasteiger partial charge in [0.2, 0.25) is 10.0 Å². The molecule has 5 nitrogen and oxygen atoms in total. The Bertz CT molecular complexity index is 881. The van der Waals surface area contributed by atoms with Crippen molar-refractivity contribution in [3.05, 3.63) is 47.8 Å². The van der Waals surface area contributed by atoms with Crippen molar-refractivity contribution >= 4 is 10.0 Å². The molecule has 0 N–H and O–H groups in total. The van der Waals surface area contributed by atoms with Gasteiger partial charge in [-0.1, -0.05) is 6.07 Å². The van der Waals surface area contributed by atoms with Gasteiger partial charge in [-0.25, -0.2) is 17.8 Å². The van der Waals surface area contributed by atoms with Gasteiger partial charge in [0.05, 0.1) is 4.90 Å². The molecule has 134 valence electrons. The molecule has 1 saturated heterocycles. The van der Waals surface area contributed by atoms with E-state index in [1.54, 1.807) is 0 Å². The molecule has 1 aromatic heterocycles. The van der Waals surface area contributed by atoms with Crippen molar-refractivity contribution < 1.29 is 12.8 Å². The van der Waals surface area contributed by atoms with Crippen LogP contribution in [0.4, 0.5) is 4.39 Å². The van der Waals surface area contributed by atoms with Crippen molar-refractivity contribution in [2.24, 2.45) is 0 Å². The molecule has 1 saturated carbocycles. The zero-order chi connectivity index (χ0) is 17.6. The molecule has 0 radical (unpaired) electrons. The number of piperidine rings is 1. The van der Waals surface area contributed by atoms with Crippen LogP contribution in [0.3, 0.4) is 0 Å². The number of imidazole rings is 1. The first-order chi connectivity index (χ1) is 12.0. The second-order valence-electron chi connectivity index (χ2n) is 6.99. The summed E-state index contributed by atoms with van der Waals surface area (Å²) in [5, 5.41) is 0. The Hall–Kier alpha value is -1.73. The summed E-state index contributed by atoms with van der Waals surface area (Å²) in [4.78, 5) is 4.60. The van der Waals surface area contributed by atoms with Crippen LogP contribution >= 0.6 is 0 Å². The summed E-state index contributed by atoms with van der Waals surface area (Å²) in [5.41, 5.74) is 1.15. The second kappa shape index (κ2) is 6.21. The summed E-state index contributed by atoms with van der Waals surface area (Å²) < 4.78 is 42.6. The first-order valence-electron chi connectivity index (χ1n) is 8.76. The molecule has 4 rings (SSSR count). The summed E-state index contributed by atoms with van der Waals surface area (Å²) in [6, 6.07) is 5.53. The van der Waals surface area contributed by atoms with Crippen LogP contribution in [0.2, 0.25) is 0 Å². The molecule has 0 amide bonds. The molecule has 1 aliphatic carbocycles. The third-order valence-electron chi connectivity index (χ3n) is 5.18. The van der Waals surface area contributed by atoms with Crippen LogP contribution in [0.25, 0.3) is 0 Å². The molecule has 0 bridgehead atoms. The van der Waals surface area contributed by atoms with Crippen molar-refractivity contribution in [1.82, 2.24) is 13.9 Å². The van der Waals surface area contributed by atoms with E-state index in [2.05, 4.69) is 16.5 Å². The van der Waals surface area contributed by atoms with E-state index in [-0.39, 0.29) is 10.9 Å². The van der Waals surface area contributed by atoms with Crippen molar-refractivity contribution in [1.29, 1.82) is 0 Å². The third-order valence-corrected chi connectivity index (χ3v) is 7.07. The lowest BCUT2D eigenvalue weighted by molar-refractivity contribution is 0.268. The summed E-state index contributed by atoms with van der Waals surface area (Å²) in [7, 11) is -3.63. The van der Waals surface area contributed by atoms with Crippen LogP contribution in [-0.2, 0) is 10.0 Å². The number of nitrogens with zero attached hydrogens (tertiary/aromatic N) is 3. The molecule has 0 spiro atoms. The first kappa shape index (κ1) is 16.7. The number of aryl methyl sites for hydroxylation is 1. The van der Waals surface area contributed by atoms with Crippen LogP contribution < -0.4 is 0 Å². The van der Waals surface area contributed by atoms with Crippen LogP contribution in [-0.4, -0.2) is 35.4 Å². The molecule has 2 aromatic rings. The highest BCUT2D eigenvalue weighted by Gasteiger charge is 2.34. The van der Waals surface area contributed by atoms with Gasteiger partial charge in [-0.15, -0.1) is 0 Å². The number of hydrogen-bond donors (Lipinski definition) is 0. The minimum Gasteiger partial charge on any atom is -0.329 e. The summed E-state index contributed by atoms with van der Waals surface area (Å²) in [5.74, 6) is 1.20. The summed E-state index contributed by atoms with van der Waals surface area (Å²) in [6.07, 6.45) is 5.83. The molecule has 2 fully saturated rings. The van der Waals surface area contributed by atoms with E-state index in [0.717, 1.165) is 30.4 Å². The van der Waals surface area contributed by atoms with Gasteiger partial charge >= 0.3 is 0 Å². The number of sulfonamides is 1. The van der Waals surface area contributed by atoms with Gasteiger partial charge < -0.3 is 4.57 Å². The topological polar surface area (TPSA) is 55.2 Å². The molecule has 1 aliphatic heterocycles. The highest BCUT2D eigenvalue weighted by Crippen LogP contribution is 2.41. The standard InChI is InChI=1S/C18H22FN3O2S/c1-13-12-20-18(14-5-6-14)22(13)16-7-9-21(10-8-16)25(23,24)17-4-2-3-15(19)11-17/h2-4,11-12,14,16H,5-10H2,1H3. The minimum atomic E-state index is -3.63. The van der Waals surface area contributed by atoms with Gasteiger partial charge in [-0.3, -0.25) is 0 Å². The molecule has 0 atom stereocenters. The monoisotopic (exact) mass is 363 g/mol. The van der Waals surface area contributed by atoms with E-state index in [1.807, 2.05) is 6.20 Å². The zero-order valence-corrected chi connectivity index (χ0v) is 15.0. The average molecular weight is 363 g/mol. The molecule has 2 aliphatic rings. The highest BCUT2D eigenvalue weighted by atomic mass is 32.2. The summed E-state index contributed by atoms with van der Waals surface area (Å²) in [6.45, 7) is 2.96. The molecule has 1 aromatic carbocycles. The minimum absolute atomic E-state index is 0.0310. The van der Waals surface area contributed by atoms with Gasteiger partial charge in [0.15, 0.2) is 0 Å². The highest BCUT2D eigenvalue weighted by molar-refractivity contribution is 7.89. The van der Waals surface area contributed by atoms with E-state index < -0.39 is 15.8 Å². The fourth-order valence-electron chi connectivity index (χ4n) is 3.70. The lowest BCUT2D eigenvalue weighted by Gasteiger charge is -2.33. The normalized spacial score (nSPS) is 20.1. The van der Waals surface area contributed by atoms with E-state index in [4.69, 9.17) is 0 Å². The Morgan fingerprint density at radius 3 is 2.52 bits per heavy atom. The number of rotatable bonds is 4. The fraction of sp³-hybridized carbons (Fsp3) is 0.500. The van der Waals surface area contributed by atoms with Gasteiger partial charge in [-0.05, 0) is 50.8 Å². The van der Waals surface area contributed by atoms with Crippen molar-refractivity contribution in [3.63, 3.8) is 0 Å². The Kier molecular flexibility index (Phi) is 4.16. The molecule has 2 heterocycles. The number of benzene rings is 1. The lowest BCUT2D eigenvalue weighted by atomic mass is 10.1. The first-order valence-corrected chi connectivity index (χ1v) is 10.2. The SMILES string of the molecule is Cc1cnc(C2CC2)n1C1CCN(S(=O)(=O)c2cccc(F)c2)CC1. The summed E-state index contributed by atoms with van der Waals surface area (Å²) >= 11 is 0. The van der Waals surface area contributed by atoms with E-state index >= 15 is 0 Å². The van der Waals surface area contributed by atoms with Crippen LogP contribution in [0.5, 0.6) is 0 Å². The molecule has 25 heavy (non-hydrogen) atoms. The van der Waals surface area contributed by atoms with Crippen molar-refractivity contribution in [2.45, 2.75) is 49.5 Å². The Balaban J connectivity index is 1.51. The molecule has 0 unspecified atom stereocenters. The molecule has 7 heteroatoms. The largest absolute Gasteiger partial charge is 0.329 e. The Morgan fingerprint density at radius 2 is 1.88 bits per heavy atom. The Morgan fingerprint density at radius 1 is 1.16 bits per heavy atom. The van der Waals surface area contributed by atoms with Crippen LogP contribution in [0, 0.1) is 12.7 Å². The van der Waals surface area contributed by atoms with Gasteiger partial charge in [0.1, 0.15) is 11.6 Å². The predicted octanol–water partition coefficient (Wildman–Crippen LogP) is 3.23. The second-order valence-corrected chi connectivity index (χ2v) is 8.93. The lowest BCUT2D eigenvalue weighted by Crippen LogP contribution is -2.39. The Labute approximate surface area is 147 Å². The quantitative estimate of drug-likeness (QED) is 0.838. The number of aromatic nitrogens is 2. The van der Waals surface area contributed by atoms with Gasteiger partial charge in [0, 0.05) is 36.9 Å². The fourth-order valence-corrected chi connectivity index (χ4v) is 5.20. The maximum atomic E-state index is 13.4. The van der Waals surface area contributed by atoms with Gasteiger partial charge in [-0.2, -0.15) is 4.31 Å². The third kappa shape index (κ3) is 3.11. The number of hydrogen-bond acceptors (Lipinski definition) is 3. The van der Waals surface area contributed by atoms with Crippen molar-refractivity contribution in [2.75, 3.05) is 13.1 Å². The van der Waals surface area contributed by atoms with Crippen LogP contribution in [0.15, 0.2) is 35.4 Å².